The first kappa shape index (κ1) is 10.7. The van der Waals surface area contributed by atoms with Gasteiger partial charge in [-0.1, -0.05) is 13.8 Å². The third kappa shape index (κ3) is 2.08. The van der Waals surface area contributed by atoms with Gasteiger partial charge in [0, 0.05) is 29.6 Å². The summed E-state index contributed by atoms with van der Waals surface area (Å²) in [4.78, 5) is 13.8. The Balaban J connectivity index is 2.16. The van der Waals surface area contributed by atoms with E-state index in [1.54, 1.807) is 0 Å². The Morgan fingerprint density at radius 2 is 2.00 bits per heavy atom. The summed E-state index contributed by atoms with van der Waals surface area (Å²) in [6, 6.07) is 7.74. The van der Waals surface area contributed by atoms with Gasteiger partial charge in [0.1, 0.15) is 0 Å². The lowest BCUT2D eigenvalue weighted by molar-refractivity contribution is 0.0939. The molecule has 1 aromatic carbocycles. The minimum Gasteiger partial charge on any atom is -0.372 e. The SMILES string of the molecule is CC(C)C(=O)c1ccc(N2C=CNC2)cc1. The average molecular weight is 216 g/mol. The molecule has 0 saturated carbocycles. The molecule has 0 atom stereocenters. The molecule has 0 saturated heterocycles. The second-order valence-electron chi connectivity index (χ2n) is 4.21. The summed E-state index contributed by atoms with van der Waals surface area (Å²) in [6.07, 6.45) is 3.90. The lowest BCUT2D eigenvalue weighted by atomic mass is 10.0. The molecular weight excluding hydrogens is 200 g/mol. The molecule has 1 N–H and O–H groups in total. The van der Waals surface area contributed by atoms with E-state index >= 15 is 0 Å². The average Bonchev–Trinajstić information content (AvgIpc) is 2.81. The molecule has 0 bridgehead atoms. The number of nitrogens with one attached hydrogen (secondary N) is 1. The minimum absolute atomic E-state index is 0.0548. The van der Waals surface area contributed by atoms with E-state index in [1.165, 1.54) is 0 Å². The molecule has 0 amide bonds. The van der Waals surface area contributed by atoms with Crippen molar-refractivity contribution in [1.82, 2.24) is 5.32 Å². The molecular formula is C13H16N2O. The Hall–Kier alpha value is -1.77. The van der Waals surface area contributed by atoms with Crippen LogP contribution in [0, 0.1) is 5.92 Å². The van der Waals surface area contributed by atoms with Gasteiger partial charge in [-0.2, -0.15) is 0 Å². The first-order chi connectivity index (χ1) is 7.68. The van der Waals surface area contributed by atoms with Crippen LogP contribution >= 0.6 is 0 Å². The van der Waals surface area contributed by atoms with Gasteiger partial charge in [-0.05, 0) is 24.3 Å². The van der Waals surface area contributed by atoms with Crippen molar-refractivity contribution in [1.29, 1.82) is 0 Å². The largest absolute Gasteiger partial charge is 0.372 e. The number of rotatable bonds is 3. The number of hydrogen-bond acceptors (Lipinski definition) is 3. The summed E-state index contributed by atoms with van der Waals surface area (Å²) in [6.45, 7) is 4.63. The highest BCUT2D eigenvalue weighted by Crippen LogP contribution is 2.18. The van der Waals surface area contributed by atoms with E-state index in [-0.39, 0.29) is 11.7 Å². The summed E-state index contributed by atoms with van der Waals surface area (Å²) in [5.74, 6) is 0.251. The molecule has 0 spiro atoms. The van der Waals surface area contributed by atoms with Crippen molar-refractivity contribution in [3.05, 3.63) is 42.2 Å². The molecule has 1 aliphatic heterocycles. The van der Waals surface area contributed by atoms with E-state index in [0.717, 1.165) is 17.9 Å². The van der Waals surface area contributed by atoms with Crippen molar-refractivity contribution >= 4 is 11.5 Å². The Morgan fingerprint density at radius 3 is 2.50 bits per heavy atom. The van der Waals surface area contributed by atoms with E-state index in [2.05, 4.69) is 10.2 Å². The van der Waals surface area contributed by atoms with Crippen LogP contribution in [0.4, 0.5) is 5.69 Å². The first-order valence-electron chi connectivity index (χ1n) is 5.49. The number of anilines is 1. The maximum Gasteiger partial charge on any atom is 0.165 e. The predicted molar refractivity (Wildman–Crippen MR) is 65.2 cm³/mol. The van der Waals surface area contributed by atoms with Crippen LogP contribution in [-0.4, -0.2) is 12.5 Å². The molecule has 1 heterocycles. The second kappa shape index (κ2) is 4.39. The minimum atomic E-state index is 0.0548. The zero-order chi connectivity index (χ0) is 11.5. The monoisotopic (exact) mass is 216 g/mol. The topological polar surface area (TPSA) is 32.3 Å². The lowest BCUT2D eigenvalue weighted by Crippen LogP contribution is -2.19. The summed E-state index contributed by atoms with van der Waals surface area (Å²) in [5.41, 5.74) is 1.89. The van der Waals surface area contributed by atoms with Crippen LogP contribution < -0.4 is 10.2 Å². The van der Waals surface area contributed by atoms with Crippen LogP contribution in [0.2, 0.25) is 0 Å². The van der Waals surface area contributed by atoms with Crippen LogP contribution in [0.15, 0.2) is 36.7 Å². The predicted octanol–water partition coefficient (Wildman–Crippen LogP) is 2.36. The number of carbonyl (C=O) groups excluding carboxylic acids is 1. The molecule has 0 aliphatic carbocycles. The van der Waals surface area contributed by atoms with Gasteiger partial charge in [0.15, 0.2) is 5.78 Å². The van der Waals surface area contributed by atoms with Crippen molar-refractivity contribution < 1.29 is 4.79 Å². The van der Waals surface area contributed by atoms with Crippen molar-refractivity contribution in [2.75, 3.05) is 11.6 Å². The Kier molecular flexibility index (Phi) is 2.95. The zero-order valence-corrected chi connectivity index (χ0v) is 9.60. The summed E-state index contributed by atoms with van der Waals surface area (Å²) in [5, 5.41) is 3.10. The fourth-order valence-electron chi connectivity index (χ4n) is 1.67. The smallest absolute Gasteiger partial charge is 0.165 e. The van der Waals surface area contributed by atoms with Crippen molar-refractivity contribution in [3.8, 4) is 0 Å². The molecule has 3 nitrogen and oxygen atoms in total. The summed E-state index contributed by atoms with van der Waals surface area (Å²) >= 11 is 0. The fourth-order valence-corrected chi connectivity index (χ4v) is 1.67. The maximum absolute atomic E-state index is 11.7. The van der Waals surface area contributed by atoms with Crippen LogP contribution in [0.1, 0.15) is 24.2 Å². The van der Waals surface area contributed by atoms with E-state index in [0.29, 0.717) is 0 Å². The quantitative estimate of drug-likeness (QED) is 0.787. The molecule has 1 aliphatic rings. The number of carbonyl (C=O) groups is 1. The van der Waals surface area contributed by atoms with Crippen LogP contribution in [-0.2, 0) is 0 Å². The lowest BCUT2D eigenvalue weighted by Gasteiger charge is -2.15. The van der Waals surface area contributed by atoms with Gasteiger partial charge in [0.2, 0.25) is 0 Å². The molecule has 3 heteroatoms. The normalized spacial score (nSPS) is 14.3. The van der Waals surface area contributed by atoms with E-state index in [1.807, 2.05) is 50.5 Å². The molecule has 2 rings (SSSR count). The highest BCUT2D eigenvalue weighted by Gasteiger charge is 2.11. The van der Waals surface area contributed by atoms with Gasteiger partial charge in [0.05, 0.1) is 6.67 Å². The molecule has 0 fully saturated rings. The molecule has 1 aromatic rings. The van der Waals surface area contributed by atoms with Gasteiger partial charge >= 0.3 is 0 Å². The molecule has 84 valence electrons. The number of ketones is 1. The standard InChI is InChI=1S/C13H16N2O/c1-10(2)13(16)11-3-5-12(6-4-11)15-8-7-14-9-15/h3-8,10,14H,9H2,1-2H3. The Labute approximate surface area is 95.8 Å². The zero-order valence-electron chi connectivity index (χ0n) is 9.60. The van der Waals surface area contributed by atoms with Crippen LogP contribution in [0.3, 0.4) is 0 Å². The summed E-state index contributed by atoms with van der Waals surface area (Å²) < 4.78 is 0. The Morgan fingerprint density at radius 1 is 1.31 bits per heavy atom. The molecule has 0 unspecified atom stereocenters. The molecule has 0 aromatic heterocycles. The van der Waals surface area contributed by atoms with Crippen LogP contribution in [0.25, 0.3) is 0 Å². The van der Waals surface area contributed by atoms with Crippen LogP contribution in [0.5, 0.6) is 0 Å². The van der Waals surface area contributed by atoms with Crippen molar-refractivity contribution in [3.63, 3.8) is 0 Å². The van der Waals surface area contributed by atoms with Gasteiger partial charge in [0.25, 0.3) is 0 Å². The maximum atomic E-state index is 11.7. The van der Waals surface area contributed by atoms with E-state index in [4.69, 9.17) is 0 Å². The molecule has 16 heavy (non-hydrogen) atoms. The second-order valence-corrected chi connectivity index (χ2v) is 4.21. The van der Waals surface area contributed by atoms with Gasteiger partial charge in [-0.3, -0.25) is 4.79 Å². The first-order valence-corrected chi connectivity index (χ1v) is 5.49. The van der Waals surface area contributed by atoms with E-state index in [9.17, 15) is 4.79 Å². The third-order valence-corrected chi connectivity index (χ3v) is 2.64. The van der Waals surface area contributed by atoms with E-state index < -0.39 is 0 Å². The van der Waals surface area contributed by atoms with Gasteiger partial charge in [-0.25, -0.2) is 0 Å². The summed E-state index contributed by atoms with van der Waals surface area (Å²) in [7, 11) is 0. The van der Waals surface area contributed by atoms with Gasteiger partial charge in [-0.15, -0.1) is 0 Å². The number of nitrogens with zero attached hydrogens (tertiary/aromatic N) is 1. The highest BCUT2D eigenvalue weighted by atomic mass is 16.1. The highest BCUT2D eigenvalue weighted by molar-refractivity contribution is 5.97. The Bertz CT molecular complexity index is 406. The number of hydrogen-bond donors (Lipinski definition) is 1. The number of benzene rings is 1. The fraction of sp³-hybridized carbons (Fsp3) is 0.308. The third-order valence-electron chi connectivity index (χ3n) is 2.64. The molecule has 0 radical (unpaired) electrons. The van der Waals surface area contributed by atoms with Crippen molar-refractivity contribution in [2.24, 2.45) is 5.92 Å². The van der Waals surface area contributed by atoms with Crippen molar-refractivity contribution in [2.45, 2.75) is 13.8 Å². The van der Waals surface area contributed by atoms with Gasteiger partial charge < -0.3 is 10.2 Å². The number of Topliss-reactive ketones (excluding diaryl/α,β-unsaturated/α-hetero) is 1.